The molecule has 2 aromatic heterocycles. The van der Waals surface area contributed by atoms with E-state index < -0.39 is 0 Å². The number of carbonyl (C=O) groups is 1. The molecule has 94 valence electrons. The lowest BCUT2D eigenvalue weighted by Crippen LogP contribution is -2.19. The van der Waals surface area contributed by atoms with Gasteiger partial charge in [-0.3, -0.25) is 4.79 Å². The summed E-state index contributed by atoms with van der Waals surface area (Å²) in [5, 5.41) is 0. The Hall–Kier alpha value is -1.91. The van der Waals surface area contributed by atoms with Crippen molar-refractivity contribution in [1.29, 1.82) is 0 Å². The summed E-state index contributed by atoms with van der Waals surface area (Å²) in [5.41, 5.74) is 2.04. The minimum absolute atomic E-state index is 0.106. The van der Waals surface area contributed by atoms with Gasteiger partial charge in [0.25, 0.3) is 0 Å². The molecule has 2 aromatic rings. The third-order valence-electron chi connectivity index (χ3n) is 3.42. The van der Waals surface area contributed by atoms with Crippen molar-refractivity contribution >= 4 is 22.8 Å². The number of anilines is 1. The molecule has 5 heteroatoms. The van der Waals surface area contributed by atoms with Crippen LogP contribution in [0.15, 0.2) is 12.4 Å². The number of Topliss-reactive ketones (excluding diaryl/α,β-unsaturated/α-hetero) is 1. The van der Waals surface area contributed by atoms with Gasteiger partial charge in [-0.05, 0) is 12.8 Å². The number of fused-ring (bicyclic) bond motifs is 1. The van der Waals surface area contributed by atoms with Gasteiger partial charge < -0.3 is 9.88 Å². The first-order valence-electron chi connectivity index (χ1n) is 6.42. The van der Waals surface area contributed by atoms with E-state index in [-0.39, 0.29) is 5.78 Å². The van der Waals surface area contributed by atoms with Gasteiger partial charge in [-0.25, -0.2) is 9.97 Å². The smallest absolute Gasteiger partial charge is 0.166 e. The number of hydrogen-bond acceptors (Lipinski definition) is 4. The summed E-state index contributed by atoms with van der Waals surface area (Å²) in [4.78, 5) is 26.0. The van der Waals surface area contributed by atoms with E-state index in [2.05, 4.69) is 19.9 Å². The van der Waals surface area contributed by atoms with E-state index in [4.69, 9.17) is 0 Å². The van der Waals surface area contributed by atoms with Crippen LogP contribution >= 0.6 is 0 Å². The molecule has 1 saturated heterocycles. The normalized spacial score (nSPS) is 15.5. The van der Waals surface area contributed by atoms with Crippen LogP contribution in [0.5, 0.6) is 0 Å². The summed E-state index contributed by atoms with van der Waals surface area (Å²) in [6.45, 7) is 3.92. The van der Waals surface area contributed by atoms with Crippen molar-refractivity contribution in [3.8, 4) is 0 Å². The number of ketones is 1. The maximum atomic E-state index is 11.8. The van der Waals surface area contributed by atoms with Crippen molar-refractivity contribution in [2.75, 3.05) is 18.0 Å². The highest BCUT2D eigenvalue weighted by molar-refractivity contribution is 6.05. The maximum absolute atomic E-state index is 11.8. The third kappa shape index (κ3) is 1.75. The number of nitrogens with one attached hydrogen (secondary N) is 1. The summed E-state index contributed by atoms with van der Waals surface area (Å²) in [6.07, 6.45) is 6.39. The Balaban J connectivity index is 2.06. The number of nitrogens with zero attached hydrogens (tertiary/aromatic N) is 3. The van der Waals surface area contributed by atoms with E-state index in [1.165, 1.54) is 12.8 Å². The molecule has 3 rings (SSSR count). The quantitative estimate of drug-likeness (QED) is 0.840. The van der Waals surface area contributed by atoms with Crippen molar-refractivity contribution in [2.24, 2.45) is 0 Å². The average molecular weight is 244 g/mol. The second-order valence-electron chi connectivity index (χ2n) is 4.60. The van der Waals surface area contributed by atoms with Crippen LogP contribution in [-0.2, 0) is 0 Å². The first-order valence-corrected chi connectivity index (χ1v) is 6.42. The van der Waals surface area contributed by atoms with E-state index >= 15 is 0 Å². The number of aromatic amines is 1. The molecular weight excluding hydrogens is 228 g/mol. The highest BCUT2D eigenvalue weighted by atomic mass is 16.1. The number of H-pyrrole nitrogens is 1. The van der Waals surface area contributed by atoms with Crippen LogP contribution in [0.3, 0.4) is 0 Å². The SMILES string of the molecule is CCC(=O)c1c[nH]c2ncc(N3CCCC3)nc12. The summed E-state index contributed by atoms with van der Waals surface area (Å²) in [6, 6.07) is 0. The van der Waals surface area contributed by atoms with Crippen LogP contribution in [0, 0.1) is 0 Å². The minimum atomic E-state index is 0.106. The zero-order valence-electron chi connectivity index (χ0n) is 10.4. The van der Waals surface area contributed by atoms with Crippen LogP contribution in [0.25, 0.3) is 11.2 Å². The molecule has 0 aliphatic carbocycles. The van der Waals surface area contributed by atoms with Crippen LogP contribution in [-0.4, -0.2) is 33.8 Å². The van der Waals surface area contributed by atoms with E-state index in [0.29, 0.717) is 23.1 Å². The lowest BCUT2D eigenvalue weighted by Gasteiger charge is -2.15. The fraction of sp³-hybridized carbons (Fsp3) is 0.462. The first-order chi connectivity index (χ1) is 8.79. The van der Waals surface area contributed by atoms with Gasteiger partial charge in [-0.15, -0.1) is 0 Å². The standard InChI is InChI=1S/C13H16N4O/c1-2-10(18)9-7-14-13-12(9)16-11(8-15-13)17-5-3-4-6-17/h7-8H,2-6H2,1H3,(H,14,15). The molecule has 1 aliphatic rings. The molecule has 0 atom stereocenters. The zero-order valence-corrected chi connectivity index (χ0v) is 10.4. The molecule has 5 nitrogen and oxygen atoms in total. The van der Waals surface area contributed by atoms with Gasteiger partial charge in [0.05, 0.1) is 11.8 Å². The Morgan fingerprint density at radius 2 is 2.22 bits per heavy atom. The van der Waals surface area contributed by atoms with Crippen molar-refractivity contribution in [3.63, 3.8) is 0 Å². The summed E-state index contributed by atoms with van der Waals surface area (Å²) < 4.78 is 0. The summed E-state index contributed by atoms with van der Waals surface area (Å²) >= 11 is 0. The zero-order chi connectivity index (χ0) is 12.5. The lowest BCUT2D eigenvalue weighted by molar-refractivity contribution is 0.0989. The number of carbonyl (C=O) groups excluding carboxylic acids is 1. The van der Waals surface area contributed by atoms with Gasteiger partial charge in [-0.1, -0.05) is 6.92 Å². The molecular formula is C13H16N4O. The first kappa shape index (κ1) is 11.2. The number of rotatable bonds is 3. The molecule has 0 saturated carbocycles. The number of aromatic nitrogens is 3. The molecule has 0 unspecified atom stereocenters. The Morgan fingerprint density at radius 3 is 2.94 bits per heavy atom. The maximum Gasteiger partial charge on any atom is 0.166 e. The highest BCUT2D eigenvalue weighted by Gasteiger charge is 2.17. The van der Waals surface area contributed by atoms with Crippen LogP contribution in [0.4, 0.5) is 5.82 Å². The fourth-order valence-corrected chi connectivity index (χ4v) is 2.38. The van der Waals surface area contributed by atoms with Gasteiger partial charge in [-0.2, -0.15) is 0 Å². The Bertz CT molecular complexity index is 584. The van der Waals surface area contributed by atoms with Crippen molar-refractivity contribution in [1.82, 2.24) is 15.0 Å². The molecule has 0 aromatic carbocycles. The molecule has 0 spiro atoms. The van der Waals surface area contributed by atoms with Crippen LogP contribution < -0.4 is 4.90 Å². The molecule has 1 fully saturated rings. The molecule has 1 aliphatic heterocycles. The Kier molecular flexibility index (Phi) is 2.74. The molecule has 1 N–H and O–H groups in total. The van der Waals surface area contributed by atoms with Crippen molar-refractivity contribution in [3.05, 3.63) is 18.0 Å². The Labute approximate surface area is 105 Å². The Morgan fingerprint density at radius 1 is 1.44 bits per heavy atom. The minimum Gasteiger partial charge on any atom is -0.355 e. The molecule has 3 heterocycles. The van der Waals surface area contributed by atoms with E-state index in [0.717, 1.165) is 18.9 Å². The van der Waals surface area contributed by atoms with Crippen LogP contribution in [0.2, 0.25) is 0 Å². The summed E-state index contributed by atoms with van der Waals surface area (Å²) in [7, 11) is 0. The average Bonchev–Trinajstić information content (AvgIpc) is 3.06. The lowest BCUT2D eigenvalue weighted by atomic mass is 10.1. The van der Waals surface area contributed by atoms with E-state index in [1.807, 2.05) is 6.92 Å². The molecule has 0 bridgehead atoms. The summed E-state index contributed by atoms with van der Waals surface area (Å²) in [5.74, 6) is 0.985. The topological polar surface area (TPSA) is 61.9 Å². The van der Waals surface area contributed by atoms with Crippen molar-refractivity contribution in [2.45, 2.75) is 26.2 Å². The van der Waals surface area contributed by atoms with Crippen LogP contribution in [0.1, 0.15) is 36.5 Å². The van der Waals surface area contributed by atoms with Gasteiger partial charge in [0.1, 0.15) is 11.3 Å². The highest BCUT2D eigenvalue weighted by Crippen LogP contribution is 2.22. The predicted octanol–water partition coefficient (Wildman–Crippen LogP) is 2.15. The largest absolute Gasteiger partial charge is 0.355 e. The van der Waals surface area contributed by atoms with Gasteiger partial charge in [0.2, 0.25) is 0 Å². The third-order valence-corrected chi connectivity index (χ3v) is 3.42. The number of hydrogen-bond donors (Lipinski definition) is 1. The van der Waals surface area contributed by atoms with Crippen molar-refractivity contribution < 1.29 is 4.79 Å². The van der Waals surface area contributed by atoms with Gasteiger partial charge >= 0.3 is 0 Å². The second kappa shape index (κ2) is 4.40. The molecule has 18 heavy (non-hydrogen) atoms. The van der Waals surface area contributed by atoms with E-state index in [9.17, 15) is 4.79 Å². The fourth-order valence-electron chi connectivity index (χ4n) is 2.38. The molecule has 0 radical (unpaired) electrons. The van der Waals surface area contributed by atoms with E-state index in [1.54, 1.807) is 12.4 Å². The van der Waals surface area contributed by atoms with Gasteiger partial charge in [0, 0.05) is 25.7 Å². The predicted molar refractivity (Wildman–Crippen MR) is 70.0 cm³/mol. The molecule has 0 amide bonds. The van der Waals surface area contributed by atoms with Gasteiger partial charge in [0.15, 0.2) is 11.4 Å². The monoisotopic (exact) mass is 244 g/mol. The second-order valence-corrected chi connectivity index (χ2v) is 4.60.